The van der Waals surface area contributed by atoms with Crippen molar-refractivity contribution in [2.75, 3.05) is 21.3 Å². The number of aryl methyl sites for hydroxylation is 1. The van der Waals surface area contributed by atoms with E-state index in [2.05, 4.69) is 4.98 Å². The first-order chi connectivity index (χ1) is 19.8. The van der Waals surface area contributed by atoms with Gasteiger partial charge in [0.15, 0.2) is 5.69 Å². The van der Waals surface area contributed by atoms with Gasteiger partial charge in [-0.05, 0) is 75.6 Å². The molecule has 2 aromatic heterocycles. The highest BCUT2D eigenvalue weighted by Gasteiger charge is 2.34. The summed E-state index contributed by atoms with van der Waals surface area (Å²) in [6, 6.07) is 12.1. The minimum Gasteiger partial charge on any atom is -0.496 e. The first-order valence-electron chi connectivity index (χ1n) is 13.3. The Balaban J connectivity index is 1.81. The zero-order chi connectivity index (χ0) is 30.5. The monoisotopic (exact) mass is 607 g/mol. The van der Waals surface area contributed by atoms with Gasteiger partial charge in [0.2, 0.25) is 11.8 Å². The average molecular weight is 609 g/mol. The fourth-order valence-electron chi connectivity index (χ4n) is 5.02. The van der Waals surface area contributed by atoms with Crippen LogP contribution in [0.2, 0.25) is 10.0 Å². The van der Waals surface area contributed by atoms with Crippen LogP contribution in [-0.4, -0.2) is 58.3 Å². The van der Waals surface area contributed by atoms with Gasteiger partial charge in [0, 0.05) is 51.0 Å². The summed E-state index contributed by atoms with van der Waals surface area (Å²) in [5, 5.41) is 5.74. The predicted octanol–water partition coefficient (Wildman–Crippen LogP) is 5.99. The van der Waals surface area contributed by atoms with Crippen molar-refractivity contribution >= 4 is 35.0 Å². The van der Waals surface area contributed by atoms with E-state index in [9.17, 15) is 9.59 Å². The molecule has 1 aliphatic carbocycles. The number of nitrogens with two attached hydrogens (primary N) is 1. The van der Waals surface area contributed by atoms with Gasteiger partial charge in [0.25, 0.3) is 5.91 Å². The van der Waals surface area contributed by atoms with Crippen LogP contribution in [0.5, 0.6) is 11.6 Å². The molecule has 218 valence electrons. The van der Waals surface area contributed by atoms with Gasteiger partial charge in [-0.2, -0.15) is 5.10 Å². The van der Waals surface area contributed by atoms with E-state index in [0.717, 1.165) is 22.4 Å². The largest absolute Gasteiger partial charge is 0.496 e. The van der Waals surface area contributed by atoms with Gasteiger partial charge >= 0.3 is 0 Å². The number of pyridine rings is 1. The van der Waals surface area contributed by atoms with Crippen molar-refractivity contribution in [2.24, 2.45) is 5.73 Å². The number of halogens is 2. The van der Waals surface area contributed by atoms with Crippen LogP contribution in [0.1, 0.15) is 52.7 Å². The molecular formula is C31H31Cl2N5O4. The predicted molar refractivity (Wildman–Crippen MR) is 163 cm³/mol. The fourth-order valence-corrected chi connectivity index (χ4v) is 5.53. The molecule has 0 saturated heterocycles. The van der Waals surface area contributed by atoms with Crippen molar-refractivity contribution in [3.8, 4) is 39.8 Å². The van der Waals surface area contributed by atoms with Gasteiger partial charge in [0.05, 0.1) is 31.3 Å². The van der Waals surface area contributed by atoms with E-state index in [0.29, 0.717) is 51.3 Å². The van der Waals surface area contributed by atoms with Crippen LogP contribution in [-0.2, 0) is 12.8 Å². The minimum atomic E-state index is -0.613. The van der Waals surface area contributed by atoms with E-state index < -0.39 is 11.4 Å². The number of hydrogen-bond acceptors (Lipinski definition) is 6. The Morgan fingerprint density at radius 2 is 1.64 bits per heavy atom. The number of primary amides is 1. The molecule has 0 spiro atoms. The number of fused-ring (bicyclic) bond motifs is 3. The molecule has 2 aromatic carbocycles. The van der Waals surface area contributed by atoms with E-state index in [1.165, 1.54) is 13.2 Å². The van der Waals surface area contributed by atoms with Gasteiger partial charge in [-0.3, -0.25) is 9.59 Å². The Morgan fingerprint density at radius 1 is 0.952 bits per heavy atom. The second-order valence-electron chi connectivity index (χ2n) is 11.1. The fraction of sp³-hybridized carbons (Fsp3) is 0.290. The number of ether oxygens (including phenoxy) is 2. The van der Waals surface area contributed by atoms with Crippen LogP contribution < -0.4 is 15.2 Å². The lowest BCUT2D eigenvalue weighted by molar-refractivity contribution is 0.0648. The molecule has 1 aliphatic rings. The molecule has 2 heterocycles. The zero-order valence-corrected chi connectivity index (χ0v) is 25.7. The second kappa shape index (κ2) is 11.0. The summed E-state index contributed by atoms with van der Waals surface area (Å²) in [7, 11) is 4.82. The molecule has 0 radical (unpaired) electrons. The van der Waals surface area contributed by atoms with Gasteiger partial charge in [-0.1, -0.05) is 23.2 Å². The normalized spacial score (nSPS) is 12.4. The molecule has 2 N–H and O–H groups in total. The van der Waals surface area contributed by atoms with Crippen molar-refractivity contribution < 1.29 is 19.1 Å². The molecule has 0 atom stereocenters. The number of aromatic nitrogens is 3. The number of methoxy groups -OCH3 is 2. The Labute approximate surface area is 254 Å². The van der Waals surface area contributed by atoms with Crippen LogP contribution in [0.4, 0.5) is 0 Å². The Hall–Kier alpha value is -4.08. The molecule has 11 heteroatoms. The van der Waals surface area contributed by atoms with E-state index in [4.69, 9.17) is 43.5 Å². The van der Waals surface area contributed by atoms with Crippen LogP contribution in [0.15, 0.2) is 42.5 Å². The van der Waals surface area contributed by atoms with Gasteiger partial charge in [-0.15, -0.1) is 0 Å². The second-order valence-corrected chi connectivity index (χ2v) is 12.0. The average Bonchev–Trinajstić information content (AvgIpc) is 3.34. The van der Waals surface area contributed by atoms with Crippen molar-refractivity contribution in [3.63, 3.8) is 0 Å². The maximum Gasteiger partial charge on any atom is 0.274 e. The number of carbonyl (C=O) groups excluding carboxylic acids is 2. The molecule has 0 bridgehead atoms. The van der Waals surface area contributed by atoms with E-state index >= 15 is 0 Å². The third-order valence-electron chi connectivity index (χ3n) is 7.49. The minimum absolute atomic E-state index is 0.191. The summed E-state index contributed by atoms with van der Waals surface area (Å²) in [5.41, 5.74) is 10.8. The van der Waals surface area contributed by atoms with E-state index in [1.54, 1.807) is 48.0 Å². The Kier molecular flexibility index (Phi) is 7.68. The highest BCUT2D eigenvalue weighted by molar-refractivity contribution is 6.34. The van der Waals surface area contributed by atoms with Crippen molar-refractivity contribution in [1.29, 1.82) is 0 Å². The lowest BCUT2D eigenvalue weighted by atomic mass is 9.86. The lowest BCUT2D eigenvalue weighted by Crippen LogP contribution is -2.43. The first kappa shape index (κ1) is 29.4. The molecule has 0 fully saturated rings. The first-order valence-corrected chi connectivity index (χ1v) is 14.0. The third kappa shape index (κ3) is 5.30. The molecule has 0 unspecified atom stereocenters. The molecule has 0 saturated carbocycles. The van der Waals surface area contributed by atoms with Gasteiger partial charge in [0.1, 0.15) is 5.75 Å². The summed E-state index contributed by atoms with van der Waals surface area (Å²) < 4.78 is 12.8. The Morgan fingerprint density at radius 3 is 2.24 bits per heavy atom. The van der Waals surface area contributed by atoms with Gasteiger partial charge < -0.3 is 20.1 Å². The number of carbonyl (C=O) groups is 2. The van der Waals surface area contributed by atoms with Crippen molar-refractivity contribution in [3.05, 3.63) is 74.9 Å². The highest BCUT2D eigenvalue weighted by Crippen LogP contribution is 2.43. The van der Waals surface area contributed by atoms with Crippen molar-refractivity contribution in [1.82, 2.24) is 19.7 Å². The number of hydrogen-bond donors (Lipinski definition) is 1. The molecule has 42 heavy (non-hydrogen) atoms. The van der Waals surface area contributed by atoms with Crippen LogP contribution in [0, 0.1) is 0 Å². The Bertz CT molecular complexity index is 1720. The zero-order valence-electron chi connectivity index (χ0n) is 24.2. The molecular weight excluding hydrogens is 577 g/mol. The molecule has 5 rings (SSSR count). The molecule has 9 nitrogen and oxygen atoms in total. The summed E-state index contributed by atoms with van der Waals surface area (Å²) >= 11 is 12.8. The SMILES string of the molecule is COc1cc(C(N)=O)cc(-c2cc3c(cc2OC)CCc2c(C(=O)N(C)C(C)(C)C)nn(-c4cc(Cl)cc(Cl)c4)c2-3)n1. The van der Waals surface area contributed by atoms with Crippen LogP contribution in [0.3, 0.4) is 0 Å². The summed E-state index contributed by atoms with van der Waals surface area (Å²) in [4.78, 5) is 32.2. The standard InChI is InChI=1S/C31H31Cl2N5O4/c1-31(2,3)37(4)30(40)27-21-8-7-16-10-25(41-5)23(24-9-17(29(34)39)11-26(35-24)42-6)15-22(16)28(21)38(36-27)20-13-18(32)12-19(33)14-20/h9-15H,7-8H2,1-6H3,(H2,34,39). The lowest BCUT2D eigenvalue weighted by Gasteiger charge is -2.31. The number of benzene rings is 2. The number of rotatable bonds is 6. The van der Waals surface area contributed by atoms with Crippen LogP contribution in [0.25, 0.3) is 28.2 Å². The maximum absolute atomic E-state index is 13.8. The van der Waals surface area contributed by atoms with Crippen LogP contribution >= 0.6 is 23.2 Å². The topological polar surface area (TPSA) is 113 Å². The van der Waals surface area contributed by atoms with E-state index in [-0.39, 0.29) is 17.4 Å². The maximum atomic E-state index is 13.8. The molecule has 4 aromatic rings. The van der Waals surface area contributed by atoms with E-state index in [1.807, 2.05) is 32.9 Å². The molecule has 2 amide bonds. The number of nitrogens with zero attached hydrogens (tertiary/aromatic N) is 4. The third-order valence-corrected chi connectivity index (χ3v) is 7.92. The van der Waals surface area contributed by atoms with Crippen molar-refractivity contribution in [2.45, 2.75) is 39.2 Å². The highest BCUT2D eigenvalue weighted by atomic mass is 35.5. The molecule has 0 aliphatic heterocycles. The van der Waals surface area contributed by atoms with Gasteiger partial charge in [-0.25, -0.2) is 9.67 Å². The smallest absolute Gasteiger partial charge is 0.274 e. The summed E-state index contributed by atoms with van der Waals surface area (Å²) in [6.45, 7) is 5.92. The summed E-state index contributed by atoms with van der Waals surface area (Å²) in [6.07, 6.45) is 1.24. The number of amides is 2. The summed E-state index contributed by atoms with van der Waals surface area (Å²) in [5.74, 6) is -0.00551. The quantitative estimate of drug-likeness (QED) is 0.288.